The minimum atomic E-state index is -0.356. The van der Waals surface area contributed by atoms with Gasteiger partial charge in [-0.25, -0.2) is 9.78 Å². The molecule has 0 bridgehead atoms. The zero-order valence-electron chi connectivity index (χ0n) is 9.61. The van der Waals surface area contributed by atoms with Crippen molar-refractivity contribution in [1.29, 1.82) is 0 Å². The van der Waals surface area contributed by atoms with Crippen molar-refractivity contribution < 1.29 is 4.79 Å². The Kier molecular flexibility index (Phi) is 3.04. The number of carbonyl (C=O) groups is 1. The highest BCUT2D eigenvalue weighted by Gasteiger charge is 2.04. The van der Waals surface area contributed by atoms with Crippen LogP contribution >= 0.6 is 0 Å². The van der Waals surface area contributed by atoms with Crippen LogP contribution in [0.1, 0.15) is 11.1 Å². The Hall–Kier alpha value is -2.37. The predicted molar refractivity (Wildman–Crippen MR) is 64.9 cm³/mol. The fourth-order valence-corrected chi connectivity index (χ4v) is 1.29. The second-order valence-corrected chi connectivity index (χ2v) is 3.70. The molecule has 0 aliphatic rings. The SMILES string of the molecule is Cc1cnc(NC(=O)Nc2ccn[nH]2)cc1C. The predicted octanol–water partition coefficient (Wildman–Crippen LogP) is 2.07. The number of hydrogen-bond acceptors (Lipinski definition) is 3. The molecule has 0 aliphatic heterocycles. The molecule has 88 valence electrons. The molecule has 2 aromatic heterocycles. The van der Waals surface area contributed by atoms with Gasteiger partial charge in [0, 0.05) is 12.3 Å². The lowest BCUT2D eigenvalue weighted by Crippen LogP contribution is -2.20. The zero-order valence-corrected chi connectivity index (χ0v) is 9.61. The Morgan fingerprint density at radius 3 is 2.76 bits per heavy atom. The summed E-state index contributed by atoms with van der Waals surface area (Å²) in [4.78, 5) is 15.7. The van der Waals surface area contributed by atoms with E-state index in [1.54, 1.807) is 18.5 Å². The third-order valence-electron chi connectivity index (χ3n) is 2.36. The molecule has 6 nitrogen and oxygen atoms in total. The van der Waals surface area contributed by atoms with Crippen molar-refractivity contribution in [3.63, 3.8) is 0 Å². The van der Waals surface area contributed by atoms with Crippen molar-refractivity contribution >= 4 is 17.7 Å². The molecule has 2 amide bonds. The first-order chi connectivity index (χ1) is 8.15. The molecule has 0 aromatic carbocycles. The number of aromatic nitrogens is 3. The van der Waals surface area contributed by atoms with Gasteiger partial charge >= 0.3 is 6.03 Å². The number of aryl methyl sites for hydroxylation is 2. The van der Waals surface area contributed by atoms with E-state index in [4.69, 9.17) is 0 Å². The minimum Gasteiger partial charge on any atom is -0.292 e. The Bertz CT molecular complexity index is 521. The lowest BCUT2D eigenvalue weighted by Gasteiger charge is -2.06. The minimum absolute atomic E-state index is 0.356. The fraction of sp³-hybridized carbons (Fsp3) is 0.182. The van der Waals surface area contributed by atoms with E-state index in [0.717, 1.165) is 11.1 Å². The Morgan fingerprint density at radius 1 is 1.29 bits per heavy atom. The fourth-order valence-electron chi connectivity index (χ4n) is 1.29. The third kappa shape index (κ3) is 2.81. The average molecular weight is 231 g/mol. The Morgan fingerprint density at radius 2 is 2.12 bits per heavy atom. The van der Waals surface area contributed by atoms with Gasteiger partial charge in [0.05, 0.1) is 6.20 Å². The summed E-state index contributed by atoms with van der Waals surface area (Å²) >= 11 is 0. The highest BCUT2D eigenvalue weighted by atomic mass is 16.2. The van der Waals surface area contributed by atoms with E-state index in [1.807, 2.05) is 19.9 Å². The lowest BCUT2D eigenvalue weighted by atomic mass is 10.2. The summed E-state index contributed by atoms with van der Waals surface area (Å²) < 4.78 is 0. The van der Waals surface area contributed by atoms with Crippen LogP contribution in [0.4, 0.5) is 16.4 Å². The van der Waals surface area contributed by atoms with Crippen LogP contribution < -0.4 is 10.6 Å². The zero-order chi connectivity index (χ0) is 12.3. The van der Waals surface area contributed by atoms with E-state index in [1.165, 1.54) is 0 Å². The maximum absolute atomic E-state index is 11.6. The van der Waals surface area contributed by atoms with E-state index in [0.29, 0.717) is 11.6 Å². The number of amides is 2. The van der Waals surface area contributed by atoms with Crippen LogP contribution in [0, 0.1) is 13.8 Å². The van der Waals surface area contributed by atoms with Crippen LogP contribution in [0.3, 0.4) is 0 Å². The molecule has 2 heterocycles. The van der Waals surface area contributed by atoms with Gasteiger partial charge in [0.1, 0.15) is 11.6 Å². The molecule has 0 unspecified atom stereocenters. The maximum atomic E-state index is 11.6. The number of H-pyrrole nitrogens is 1. The van der Waals surface area contributed by atoms with Gasteiger partial charge in [-0.15, -0.1) is 0 Å². The van der Waals surface area contributed by atoms with Gasteiger partial charge in [0.25, 0.3) is 0 Å². The molecule has 0 saturated heterocycles. The van der Waals surface area contributed by atoms with Crippen LogP contribution in [0.25, 0.3) is 0 Å². The second kappa shape index (κ2) is 4.65. The molecule has 0 aliphatic carbocycles. The molecule has 6 heteroatoms. The van der Waals surface area contributed by atoms with E-state index < -0.39 is 0 Å². The maximum Gasteiger partial charge on any atom is 0.326 e. The molecule has 2 aromatic rings. The monoisotopic (exact) mass is 231 g/mol. The number of pyridine rings is 1. The topological polar surface area (TPSA) is 82.7 Å². The lowest BCUT2D eigenvalue weighted by molar-refractivity contribution is 0.262. The molecule has 0 atom stereocenters. The number of anilines is 2. The molecule has 3 N–H and O–H groups in total. The van der Waals surface area contributed by atoms with Crippen LogP contribution in [0.2, 0.25) is 0 Å². The molecular weight excluding hydrogens is 218 g/mol. The number of urea groups is 1. The van der Waals surface area contributed by atoms with Gasteiger partial charge in [-0.2, -0.15) is 5.10 Å². The smallest absolute Gasteiger partial charge is 0.292 e. The van der Waals surface area contributed by atoms with Crippen molar-refractivity contribution in [2.75, 3.05) is 10.6 Å². The number of hydrogen-bond donors (Lipinski definition) is 3. The van der Waals surface area contributed by atoms with Gasteiger partial charge in [-0.05, 0) is 31.0 Å². The van der Waals surface area contributed by atoms with E-state index >= 15 is 0 Å². The molecular formula is C11H13N5O. The van der Waals surface area contributed by atoms with Crippen LogP contribution in [-0.2, 0) is 0 Å². The highest BCUT2D eigenvalue weighted by Crippen LogP contribution is 2.10. The molecule has 2 rings (SSSR count). The number of rotatable bonds is 2. The van der Waals surface area contributed by atoms with Gasteiger partial charge < -0.3 is 0 Å². The summed E-state index contributed by atoms with van der Waals surface area (Å²) in [5, 5.41) is 11.6. The van der Waals surface area contributed by atoms with Crippen LogP contribution in [-0.4, -0.2) is 21.2 Å². The van der Waals surface area contributed by atoms with E-state index in [2.05, 4.69) is 25.8 Å². The standard InChI is InChI=1S/C11H13N5O/c1-7-5-10(12-6-8(7)2)15-11(17)14-9-3-4-13-16-9/h3-6H,1-2H3,(H3,12,13,14,15,16,17). The van der Waals surface area contributed by atoms with Crippen molar-refractivity contribution in [1.82, 2.24) is 15.2 Å². The summed E-state index contributed by atoms with van der Waals surface area (Å²) in [6.07, 6.45) is 3.28. The third-order valence-corrected chi connectivity index (χ3v) is 2.36. The van der Waals surface area contributed by atoms with Crippen LogP contribution in [0.15, 0.2) is 24.5 Å². The Balaban J connectivity index is 2.00. The molecule has 17 heavy (non-hydrogen) atoms. The van der Waals surface area contributed by atoms with Gasteiger partial charge in [0.15, 0.2) is 0 Å². The first kappa shape index (κ1) is 11.1. The first-order valence-electron chi connectivity index (χ1n) is 5.16. The van der Waals surface area contributed by atoms with Crippen molar-refractivity contribution in [3.05, 3.63) is 35.7 Å². The van der Waals surface area contributed by atoms with Gasteiger partial charge in [-0.1, -0.05) is 0 Å². The number of aromatic amines is 1. The average Bonchev–Trinajstić information content (AvgIpc) is 2.76. The van der Waals surface area contributed by atoms with Crippen molar-refractivity contribution in [2.45, 2.75) is 13.8 Å². The highest BCUT2D eigenvalue weighted by molar-refractivity contribution is 5.98. The molecule has 0 radical (unpaired) electrons. The quantitative estimate of drug-likeness (QED) is 0.739. The first-order valence-corrected chi connectivity index (χ1v) is 5.16. The summed E-state index contributed by atoms with van der Waals surface area (Å²) in [6, 6.07) is 3.12. The van der Waals surface area contributed by atoms with E-state index in [-0.39, 0.29) is 6.03 Å². The number of nitrogens with one attached hydrogen (secondary N) is 3. The molecule has 0 spiro atoms. The van der Waals surface area contributed by atoms with Crippen molar-refractivity contribution in [2.24, 2.45) is 0 Å². The van der Waals surface area contributed by atoms with Crippen LogP contribution in [0.5, 0.6) is 0 Å². The Labute approximate surface area is 98.5 Å². The summed E-state index contributed by atoms with van der Waals surface area (Å²) in [6.45, 7) is 3.94. The van der Waals surface area contributed by atoms with Gasteiger partial charge in [0.2, 0.25) is 0 Å². The summed E-state index contributed by atoms with van der Waals surface area (Å²) in [5.41, 5.74) is 2.17. The number of carbonyl (C=O) groups excluding carboxylic acids is 1. The summed E-state index contributed by atoms with van der Waals surface area (Å²) in [5.74, 6) is 1.05. The van der Waals surface area contributed by atoms with Crippen molar-refractivity contribution in [3.8, 4) is 0 Å². The molecule has 0 saturated carbocycles. The molecule has 0 fully saturated rings. The second-order valence-electron chi connectivity index (χ2n) is 3.70. The normalized spacial score (nSPS) is 10.0. The van der Waals surface area contributed by atoms with Gasteiger partial charge in [-0.3, -0.25) is 15.7 Å². The summed E-state index contributed by atoms with van der Waals surface area (Å²) in [7, 11) is 0. The van der Waals surface area contributed by atoms with E-state index in [9.17, 15) is 4.79 Å². The largest absolute Gasteiger partial charge is 0.326 e. The number of nitrogens with zero attached hydrogens (tertiary/aromatic N) is 2.